The SMILES string of the molecule is O=S(=O)(NC(CO)(CO)CO)c1cc(Br)ccc1Br. The van der Waals surface area contributed by atoms with Gasteiger partial charge in [0.05, 0.1) is 24.7 Å². The first-order valence-electron chi connectivity index (χ1n) is 5.12. The molecule has 0 saturated carbocycles. The molecule has 0 saturated heterocycles. The lowest BCUT2D eigenvalue weighted by molar-refractivity contribution is 0.0582. The van der Waals surface area contributed by atoms with Crippen LogP contribution in [-0.2, 0) is 10.0 Å². The van der Waals surface area contributed by atoms with Crippen molar-refractivity contribution in [1.29, 1.82) is 0 Å². The van der Waals surface area contributed by atoms with Crippen LogP contribution in [0.5, 0.6) is 0 Å². The Morgan fingerprint density at radius 1 is 1.11 bits per heavy atom. The zero-order chi connectivity index (χ0) is 14.7. The lowest BCUT2D eigenvalue weighted by atomic mass is 10.1. The number of halogens is 2. The van der Waals surface area contributed by atoms with Crippen molar-refractivity contribution < 1.29 is 23.7 Å². The Bertz CT molecular complexity index is 537. The largest absolute Gasteiger partial charge is 0.394 e. The number of hydrogen-bond donors (Lipinski definition) is 4. The first-order valence-corrected chi connectivity index (χ1v) is 8.19. The van der Waals surface area contributed by atoms with E-state index in [1.54, 1.807) is 6.07 Å². The lowest BCUT2D eigenvalue weighted by Crippen LogP contribution is -2.56. The third kappa shape index (κ3) is 3.97. The van der Waals surface area contributed by atoms with E-state index in [4.69, 9.17) is 15.3 Å². The molecule has 1 aromatic carbocycles. The molecule has 9 heteroatoms. The van der Waals surface area contributed by atoms with Crippen LogP contribution in [0.1, 0.15) is 0 Å². The Kier molecular flexibility index (Phi) is 5.93. The maximum atomic E-state index is 12.2. The molecule has 19 heavy (non-hydrogen) atoms. The Morgan fingerprint density at radius 3 is 2.11 bits per heavy atom. The van der Waals surface area contributed by atoms with Crippen LogP contribution in [0.15, 0.2) is 32.0 Å². The molecule has 0 aliphatic heterocycles. The number of sulfonamides is 1. The van der Waals surface area contributed by atoms with Gasteiger partial charge in [0, 0.05) is 8.95 Å². The minimum Gasteiger partial charge on any atom is -0.394 e. The molecule has 1 aromatic rings. The predicted octanol–water partition coefficient (Wildman–Crippen LogP) is 0.206. The topological polar surface area (TPSA) is 107 Å². The normalized spacial score (nSPS) is 12.7. The maximum Gasteiger partial charge on any atom is 0.242 e. The van der Waals surface area contributed by atoms with Crippen LogP contribution < -0.4 is 4.72 Å². The molecule has 0 radical (unpaired) electrons. The zero-order valence-electron chi connectivity index (χ0n) is 9.68. The van der Waals surface area contributed by atoms with E-state index in [1.165, 1.54) is 12.1 Å². The Balaban J connectivity index is 3.21. The molecule has 0 amide bonds. The monoisotopic (exact) mass is 417 g/mol. The van der Waals surface area contributed by atoms with Crippen molar-refractivity contribution in [2.75, 3.05) is 19.8 Å². The Hall–Kier alpha value is -0.0300. The van der Waals surface area contributed by atoms with E-state index >= 15 is 0 Å². The van der Waals surface area contributed by atoms with E-state index < -0.39 is 35.4 Å². The number of hydrogen-bond acceptors (Lipinski definition) is 5. The van der Waals surface area contributed by atoms with Gasteiger partial charge in [-0.15, -0.1) is 0 Å². The van der Waals surface area contributed by atoms with Gasteiger partial charge in [-0.3, -0.25) is 0 Å². The van der Waals surface area contributed by atoms with Crippen LogP contribution in [0, 0.1) is 0 Å². The maximum absolute atomic E-state index is 12.2. The summed E-state index contributed by atoms with van der Waals surface area (Å²) in [6.07, 6.45) is 0. The average Bonchev–Trinajstić information content (AvgIpc) is 2.39. The number of aliphatic hydroxyl groups excluding tert-OH is 3. The first kappa shape index (κ1) is 17.0. The zero-order valence-corrected chi connectivity index (χ0v) is 13.7. The summed E-state index contributed by atoms with van der Waals surface area (Å²) in [5.74, 6) is 0. The molecule has 0 aromatic heterocycles. The first-order chi connectivity index (χ1) is 8.80. The standard InChI is InChI=1S/C10H13Br2NO5S/c11-7-1-2-8(12)9(3-7)19(17,18)13-10(4-14,5-15)6-16/h1-3,13-16H,4-6H2. The minimum absolute atomic E-state index is 0.0680. The van der Waals surface area contributed by atoms with Crippen molar-refractivity contribution in [2.24, 2.45) is 0 Å². The Labute approximate surface area is 127 Å². The summed E-state index contributed by atoms with van der Waals surface area (Å²) < 4.78 is 27.4. The summed E-state index contributed by atoms with van der Waals surface area (Å²) >= 11 is 6.27. The highest BCUT2D eigenvalue weighted by atomic mass is 79.9. The predicted molar refractivity (Wildman–Crippen MR) is 76.2 cm³/mol. The fraction of sp³-hybridized carbons (Fsp3) is 0.400. The fourth-order valence-corrected chi connectivity index (χ4v) is 4.15. The molecule has 1 rings (SSSR count). The van der Waals surface area contributed by atoms with Gasteiger partial charge in [0.2, 0.25) is 10.0 Å². The highest BCUT2D eigenvalue weighted by Gasteiger charge is 2.34. The van der Waals surface area contributed by atoms with E-state index in [1.807, 2.05) is 0 Å². The summed E-state index contributed by atoms with van der Waals surface area (Å²) in [5.41, 5.74) is -1.71. The second-order valence-electron chi connectivity index (χ2n) is 3.93. The molecule has 0 aliphatic carbocycles. The van der Waals surface area contributed by atoms with Gasteiger partial charge in [-0.05, 0) is 34.1 Å². The highest BCUT2D eigenvalue weighted by Crippen LogP contribution is 2.26. The minimum atomic E-state index is -4.01. The third-order valence-corrected chi connectivity index (χ3v) is 5.51. The molecule has 4 N–H and O–H groups in total. The van der Waals surface area contributed by atoms with E-state index in [-0.39, 0.29) is 4.90 Å². The van der Waals surface area contributed by atoms with Crippen molar-refractivity contribution in [3.8, 4) is 0 Å². The van der Waals surface area contributed by atoms with Crippen molar-refractivity contribution in [3.63, 3.8) is 0 Å². The van der Waals surface area contributed by atoms with E-state index in [2.05, 4.69) is 36.6 Å². The molecule has 0 atom stereocenters. The molecule has 0 fully saturated rings. The summed E-state index contributed by atoms with van der Waals surface area (Å²) in [6, 6.07) is 4.56. The van der Waals surface area contributed by atoms with E-state index in [0.29, 0.717) is 8.95 Å². The van der Waals surface area contributed by atoms with Gasteiger partial charge < -0.3 is 15.3 Å². The highest BCUT2D eigenvalue weighted by molar-refractivity contribution is 9.11. The molecule has 108 valence electrons. The van der Waals surface area contributed by atoms with Crippen molar-refractivity contribution in [3.05, 3.63) is 27.1 Å². The molecular weight excluding hydrogens is 406 g/mol. The van der Waals surface area contributed by atoms with Gasteiger partial charge in [0.1, 0.15) is 5.54 Å². The van der Waals surface area contributed by atoms with Gasteiger partial charge >= 0.3 is 0 Å². The van der Waals surface area contributed by atoms with Crippen LogP contribution >= 0.6 is 31.9 Å². The van der Waals surface area contributed by atoms with Crippen LogP contribution in [0.25, 0.3) is 0 Å². The van der Waals surface area contributed by atoms with Gasteiger partial charge in [0.15, 0.2) is 0 Å². The second-order valence-corrected chi connectivity index (χ2v) is 7.36. The summed E-state index contributed by atoms with van der Waals surface area (Å²) in [6.45, 7) is -2.19. The van der Waals surface area contributed by atoms with Gasteiger partial charge in [0.25, 0.3) is 0 Å². The van der Waals surface area contributed by atoms with E-state index in [9.17, 15) is 8.42 Å². The molecule has 0 unspecified atom stereocenters. The molecule has 0 aliphatic rings. The van der Waals surface area contributed by atoms with Crippen molar-refractivity contribution in [1.82, 2.24) is 4.72 Å². The van der Waals surface area contributed by atoms with Gasteiger partial charge in [-0.1, -0.05) is 15.9 Å². The summed E-state index contributed by atoms with van der Waals surface area (Å²) in [5, 5.41) is 27.4. The smallest absolute Gasteiger partial charge is 0.242 e. The van der Waals surface area contributed by atoms with Gasteiger partial charge in [-0.2, -0.15) is 4.72 Å². The van der Waals surface area contributed by atoms with Crippen LogP contribution in [-0.4, -0.2) is 49.1 Å². The number of nitrogens with one attached hydrogen (secondary N) is 1. The van der Waals surface area contributed by atoms with Crippen LogP contribution in [0.2, 0.25) is 0 Å². The fourth-order valence-electron chi connectivity index (χ4n) is 1.27. The quantitative estimate of drug-likeness (QED) is 0.528. The number of rotatable bonds is 6. The number of aliphatic hydroxyl groups is 3. The number of benzene rings is 1. The lowest BCUT2D eigenvalue weighted by Gasteiger charge is -2.28. The van der Waals surface area contributed by atoms with Crippen molar-refractivity contribution >= 4 is 41.9 Å². The molecule has 0 bridgehead atoms. The van der Waals surface area contributed by atoms with E-state index in [0.717, 1.165) is 0 Å². The summed E-state index contributed by atoms with van der Waals surface area (Å²) in [4.78, 5) is -0.0680. The summed E-state index contributed by atoms with van der Waals surface area (Å²) in [7, 11) is -4.01. The Morgan fingerprint density at radius 2 is 1.63 bits per heavy atom. The third-order valence-electron chi connectivity index (χ3n) is 2.44. The molecular formula is C10H13Br2NO5S. The molecule has 0 spiro atoms. The van der Waals surface area contributed by atoms with Crippen molar-refractivity contribution in [2.45, 2.75) is 10.4 Å². The second kappa shape index (κ2) is 6.61. The molecule has 0 heterocycles. The van der Waals surface area contributed by atoms with Crippen LogP contribution in [0.4, 0.5) is 0 Å². The van der Waals surface area contributed by atoms with Gasteiger partial charge in [-0.25, -0.2) is 8.42 Å². The molecule has 6 nitrogen and oxygen atoms in total. The average molecular weight is 419 g/mol. The van der Waals surface area contributed by atoms with Crippen LogP contribution in [0.3, 0.4) is 0 Å².